The van der Waals surface area contributed by atoms with E-state index < -0.39 is 11.8 Å². The first-order valence-electron chi connectivity index (χ1n) is 3.14. The molecular weight excluding hydrogens is 132 g/mol. The summed E-state index contributed by atoms with van der Waals surface area (Å²) in [7, 11) is 1.48. The van der Waals surface area contributed by atoms with E-state index in [1.54, 1.807) is 6.92 Å². The van der Waals surface area contributed by atoms with Crippen molar-refractivity contribution in [2.24, 2.45) is 11.7 Å². The van der Waals surface area contributed by atoms with Gasteiger partial charge in [-0.1, -0.05) is 6.92 Å². The number of amides is 2. The Hall–Kier alpha value is -1.06. The van der Waals surface area contributed by atoms with Crippen LogP contribution in [0.25, 0.3) is 0 Å². The smallest absolute Gasteiger partial charge is 0.232 e. The van der Waals surface area contributed by atoms with Crippen molar-refractivity contribution in [1.82, 2.24) is 5.32 Å². The lowest BCUT2D eigenvalue weighted by Crippen LogP contribution is -2.36. The molecule has 3 N–H and O–H groups in total. The van der Waals surface area contributed by atoms with Gasteiger partial charge in [0.2, 0.25) is 11.8 Å². The van der Waals surface area contributed by atoms with Gasteiger partial charge in [-0.3, -0.25) is 9.59 Å². The van der Waals surface area contributed by atoms with Crippen molar-refractivity contribution in [3.8, 4) is 0 Å². The van der Waals surface area contributed by atoms with Gasteiger partial charge in [0.1, 0.15) is 5.92 Å². The van der Waals surface area contributed by atoms with Crippen LogP contribution in [0, 0.1) is 5.92 Å². The van der Waals surface area contributed by atoms with Crippen molar-refractivity contribution in [3.63, 3.8) is 0 Å². The summed E-state index contributed by atoms with van der Waals surface area (Å²) >= 11 is 0. The second-order valence-electron chi connectivity index (χ2n) is 1.98. The Bertz CT molecular complexity index is 145. The molecule has 0 fully saturated rings. The molecule has 58 valence electrons. The SMILES string of the molecule is CC[C@H](C(N)=O)C(=O)NC. The molecule has 0 spiro atoms. The van der Waals surface area contributed by atoms with Crippen LogP contribution in [0.15, 0.2) is 0 Å². The van der Waals surface area contributed by atoms with Crippen LogP contribution in [-0.2, 0) is 9.59 Å². The Balaban J connectivity index is 4.06. The fourth-order valence-electron chi connectivity index (χ4n) is 0.690. The molecule has 0 saturated heterocycles. The average molecular weight is 144 g/mol. The molecule has 4 nitrogen and oxygen atoms in total. The fourth-order valence-corrected chi connectivity index (χ4v) is 0.690. The third-order valence-electron chi connectivity index (χ3n) is 1.31. The molecule has 0 aromatic rings. The number of rotatable bonds is 3. The first kappa shape index (κ1) is 8.94. The zero-order chi connectivity index (χ0) is 8.15. The maximum Gasteiger partial charge on any atom is 0.232 e. The predicted molar refractivity (Wildman–Crippen MR) is 37.0 cm³/mol. The van der Waals surface area contributed by atoms with E-state index in [9.17, 15) is 9.59 Å². The van der Waals surface area contributed by atoms with E-state index in [1.165, 1.54) is 7.05 Å². The minimum absolute atomic E-state index is 0.310. The average Bonchev–Trinajstić information content (AvgIpc) is 1.88. The van der Waals surface area contributed by atoms with Gasteiger partial charge in [0.05, 0.1) is 0 Å². The highest BCUT2D eigenvalue weighted by Crippen LogP contribution is 1.99. The second-order valence-corrected chi connectivity index (χ2v) is 1.98. The van der Waals surface area contributed by atoms with E-state index in [2.05, 4.69) is 5.32 Å². The molecule has 0 aliphatic heterocycles. The Labute approximate surface area is 59.8 Å². The van der Waals surface area contributed by atoms with E-state index in [4.69, 9.17) is 5.73 Å². The first-order valence-corrected chi connectivity index (χ1v) is 3.14. The predicted octanol–water partition coefficient (Wildman–Crippen LogP) is -0.756. The van der Waals surface area contributed by atoms with Gasteiger partial charge < -0.3 is 11.1 Å². The standard InChI is InChI=1S/C6H12N2O2/c1-3-4(5(7)9)6(10)8-2/h4H,3H2,1-2H3,(H2,7,9)(H,8,10)/t4-/m1/s1. The van der Waals surface area contributed by atoms with Crippen LogP contribution in [0.1, 0.15) is 13.3 Å². The summed E-state index contributed by atoms with van der Waals surface area (Å²) in [6.07, 6.45) is 0.453. The van der Waals surface area contributed by atoms with Gasteiger partial charge in [0.25, 0.3) is 0 Å². The third kappa shape index (κ3) is 2.05. The molecule has 0 saturated carbocycles. The Morgan fingerprint density at radius 3 is 2.20 bits per heavy atom. The summed E-state index contributed by atoms with van der Waals surface area (Å²) in [5, 5.41) is 2.36. The molecule has 0 radical (unpaired) electrons. The zero-order valence-corrected chi connectivity index (χ0v) is 6.18. The van der Waals surface area contributed by atoms with Crippen LogP contribution < -0.4 is 11.1 Å². The highest BCUT2D eigenvalue weighted by atomic mass is 16.2. The molecule has 0 aromatic carbocycles. The van der Waals surface area contributed by atoms with Gasteiger partial charge in [-0.05, 0) is 6.42 Å². The third-order valence-corrected chi connectivity index (χ3v) is 1.31. The summed E-state index contributed by atoms with van der Waals surface area (Å²) < 4.78 is 0. The second kappa shape index (κ2) is 3.87. The van der Waals surface area contributed by atoms with Crippen LogP contribution in [0.5, 0.6) is 0 Å². The Kier molecular flexibility index (Phi) is 3.46. The van der Waals surface area contributed by atoms with Gasteiger partial charge in [0, 0.05) is 7.05 Å². The number of hydrogen-bond donors (Lipinski definition) is 2. The number of hydrogen-bond acceptors (Lipinski definition) is 2. The van der Waals surface area contributed by atoms with Crippen LogP contribution >= 0.6 is 0 Å². The maximum absolute atomic E-state index is 10.8. The highest BCUT2D eigenvalue weighted by molar-refractivity contribution is 5.99. The first-order chi connectivity index (χ1) is 4.63. The van der Waals surface area contributed by atoms with Crippen molar-refractivity contribution < 1.29 is 9.59 Å². The largest absolute Gasteiger partial charge is 0.369 e. The maximum atomic E-state index is 10.8. The number of carbonyl (C=O) groups is 2. The van der Waals surface area contributed by atoms with Crippen LogP contribution in [0.2, 0.25) is 0 Å². The molecule has 0 unspecified atom stereocenters. The van der Waals surface area contributed by atoms with E-state index in [0.717, 1.165) is 0 Å². The normalized spacial score (nSPS) is 12.2. The van der Waals surface area contributed by atoms with Crippen molar-refractivity contribution in [2.75, 3.05) is 7.05 Å². The molecule has 0 aliphatic rings. The Morgan fingerprint density at radius 1 is 1.60 bits per heavy atom. The molecule has 0 heterocycles. The molecule has 0 bridgehead atoms. The van der Waals surface area contributed by atoms with Crippen LogP contribution in [0.4, 0.5) is 0 Å². The molecule has 0 aliphatic carbocycles. The van der Waals surface area contributed by atoms with Crippen molar-refractivity contribution in [1.29, 1.82) is 0 Å². The summed E-state index contributed by atoms with van der Waals surface area (Å²) in [4.78, 5) is 21.3. The van der Waals surface area contributed by atoms with Crippen LogP contribution in [-0.4, -0.2) is 18.9 Å². The number of primary amides is 1. The summed E-state index contributed by atoms with van der Waals surface area (Å²) in [5.74, 6) is -1.55. The topological polar surface area (TPSA) is 72.2 Å². The van der Waals surface area contributed by atoms with Crippen molar-refractivity contribution in [3.05, 3.63) is 0 Å². The van der Waals surface area contributed by atoms with Gasteiger partial charge in [-0.25, -0.2) is 0 Å². The lowest BCUT2D eigenvalue weighted by molar-refractivity contribution is -0.133. The zero-order valence-electron chi connectivity index (χ0n) is 6.18. The van der Waals surface area contributed by atoms with Gasteiger partial charge in [-0.15, -0.1) is 0 Å². The van der Waals surface area contributed by atoms with Gasteiger partial charge >= 0.3 is 0 Å². The quantitative estimate of drug-likeness (QED) is 0.511. The molecule has 4 heteroatoms. The summed E-state index contributed by atoms with van der Waals surface area (Å²) in [6, 6.07) is 0. The lowest BCUT2D eigenvalue weighted by atomic mass is 10.1. The molecular formula is C6H12N2O2. The van der Waals surface area contributed by atoms with E-state index in [0.29, 0.717) is 6.42 Å². The number of carbonyl (C=O) groups excluding carboxylic acids is 2. The highest BCUT2D eigenvalue weighted by Gasteiger charge is 2.19. The monoisotopic (exact) mass is 144 g/mol. The summed E-state index contributed by atoms with van der Waals surface area (Å²) in [6.45, 7) is 1.74. The Morgan fingerprint density at radius 2 is 2.10 bits per heavy atom. The van der Waals surface area contributed by atoms with Gasteiger partial charge in [0.15, 0.2) is 0 Å². The molecule has 2 amide bonds. The molecule has 1 atom stereocenters. The van der Waals surface area contributed by atoms with Gasteiger partial charge in [-0.2, -0.15) is 0 Å². The minimum atomic E-state index is -0.676. The van der Waals surface area contributed by atoms with E-state index in [1.807, 2.05) is 0 Å². The number of nitrogens with one attached hydrogen (secondary N) is 1. The van der Waals surface area contributed by atoms with Crippen molar-refractivity contribution in [2.45, 2.75) is 13.3 Å². The van der Waals surface area contributed by atoms with E-state index >= 15 is 0 Å². The number of nitrogens with two attached hydrogens (primary N) is 1. The molecule has 10 heavy (non-hydrogen) atoms. The minimum Gasteiger partial charge on any atom is -0.369 e. The molecule has 0 aromatic heterocycles. The molecule has 0 rings (SSSR count). The van der Waals surface area contributed by atoms with E-state index in [-0.39, 0.29) is 5.91 Å². The fraction of sp³-hybridized carbons (Fsp3) is 0.667. The summed E-state index contributed by atoms with van der Waals surface area (Å²) in [5.41, 5.74) is 4.92. The van der Waals surface area contributed by atoms with Crippen LogP contribution in [0.3, 0.4) is 0 Å². The van der Waals surface area contributed by atoms with Crippen molar-refractivity contribution >= 4 is 11.8 Å². The lowest BCUT2D eigenvalue weighted by Gasteiger charge is -2.07.